The highest BCUT2D eigenvalue weighted by atomic mass is 14.1. The van der Waals surface area contributed by atoms with Gasteiger partial charge in [-0.1, -0.05) is 32.1 Å². The van der Waals surface area contributed by atoms with E-state index in [9.17, 15) is 0 Å². The summed E-state index contributed by atoms with van der Waals surface area (Å²) in [7, 11) is 0. The van der Waals surface area contributed by atoms with Crippen LogP contribution in [0.5, 0.6) is 0 Å². The van der Waals surface area contributed by atoms with E-state index in [2.05, 4.69) is 32.1 Å². The molecule has 0 heteroatoms. The van der Waals surface area contributed by atoms with Crippen molar-refractivity contribution in [3.05, 3.63) is 23.8 Å². The normalized spacial score (nSPS) is 16.5. The molecular weight excluding hydrogens is 120 g/mol. The van der Waals surface area contributed by atoms with Crippen LogP contribution in [0.15, 0.2) is 23.8 Å². The fourth-order valence-electron chi connectivity index (χ4n) is 1.54. The molecule has 0 spiro atoms. The van der Waals surface area contributed by atoms with Crippen molar-refractivity contribution in [2.24, 2.45) is 5.92 Å². The maximum atomic E-state index is 2.34. The van der Waals surface area contributed by atoms with E-state index in [-0.39, 0.29) is 0 Å². The van der Waals surface area contributed by atoms with E-state index in [1.54, 1.807) is 5.57 Å². The lowest BCUT2D eigenvalue weighted by atomic mass is 9.95. The van der Waals surface area contributed by atoms with Gasteiger partial charge in [0.15, 0.2) is 0 Å². The Labute approximate surface area is 63.6 Å². The zero-order valence-corrected chi connectivity index (χ0v) is 6.93. The van der Waals surface area contributed by atoms with Crippen LogP contribution in [0.3, 0.4) is 0 Å². The second-order valence-electron chi connectivity index (χ2n) is 2.86. The van der Waals surface area contributed by atoms with Gasteiger partial charge in [0.25, 0.3) is 0 Å². The van der Waals surface area contributed by atoms with Crippen molar-refractivity contribution in [2.45, 2.75) is 33.1 Å². The van der Waals surface area contributed by atoms with Gasteiger partial charge in [-0.3, -0.25) is 0 Å². The molecule has 10 heavy (non-hydrogen) atoms. The summed E-state index contributed by atoms with van der Waals surface area (Å²) >= 11 is 0. The summed E-state index contributed by atoms with van der Waals surface area (Å²) in [6.07, 6.45) is 10.6. The Morgan fingerprint density at radius 1 is 1.40 bits per heavy atom. The SMILES string of the molecule is CCC(CC)C1=CCC=C1. The molecule has 1 aliphatic rings. The van der Waals surface area contributed by atoms with Gasteiger partial charge in [0.2, 0.25) is 0 Å². The predicted octanol–water partition coefficient (Wildman–Crippen LogP) is 3.31. The summed E-state index contributed by atoms with van der Waals surface area (Å²) in [6.45, 7) is 4.53. The lowest BCUT2D eigenvalue weighted by molar-refractivity contribution is 0.584. The van der Waals surface area contributed by atoms with Gasteiger partial charge in [-0.25, -0.2) is 0 Å². The van der Waals surface area contributed by atoms with Crippen LogP contribution in [-0.2, 0) is 0 Å². The van der Waals surface area contributed by atoms with Crippen LogP contribution in [0.4, 0.5) is 0 Å². The molecule has 0 heterocycles. The molecule has 0 aliphatic heterocycles. The van der Waals surface area contributed by atoms with Crippen molar-refractivity contribution in [1.82, 2.24) is 0 Å². The zero-order chi connectivity index (χ0) is 7.40. The van der Waals surface area contributed by atoms with Crippen LogP contribution >= 0.6 is 0 Å². The number of allylic oxidation sites excluding steroid dienone is 4. The number of rotatable bonds is 3. The highest BCUT2D eigenvalue weighted by molar-refractivity contribution is 5.28. The van der Waals surface area contributed by atoms with Gasteiger partial charge in [-0.2, -0.15) is 0 Å². The third-order valence-electron chi connectivity index (χ3n) is 2.26. The molecule has 0 bridgehead atoms. The van der Waals surface area contributed by atoms with Crippen LogP contribution in [0.25, 0.3) is 0 Å². The third-order valence-corrected chi connectivity index (χ3v) is 2.26. The van der Waals surface area contributed by atoms with E-state index in [0.717, 1.165) is 12.3 Å². The monoisotopic (exact) mass is 136 g/mol. The van der Waals surface area contributed by atoms with Crippen LogP contribution in [0.1, 0.15) is 33.1 Å². The predicted molar refractivity (Wildman–Crippen MR) is 45.9 cm³/mol. The van der Waals surface area contributed by atoms with E-state index >= 15 is 0 Å². The first-order valence-corrected chi connectivity index (χ1v) is 4.25. The van der Waals surface area contributed by atoms with Gasteiger partial charge < -0.3 is 0 Å². The van der Waals surface area contributed by atoms with Crippen molar-refractivity contribution < 1.29 is 0 Å². The van der Waals surface area contributed by atoms with Crippen molar-refractivity contribution in [3.63, 3.8) is 0 Å². The van der Waals surface area contributed by atoms with Gasteiger partial charge in [-0.15, -0.1) is 0 Å². The van der Waals surface area contributed by atoms with Crippen molar-refractivity contribution >= 4 is 0 Å². The Kier molecular flexibility index (Phi) is 2.73. The molecule has 0 aromatic heterocycles. The fraction of sp³-hybridized carbons (Fsp3) is 0.600. The van der Waals surface area contributed by atoms with Gasteiger partial charge >= 0.3 is 0 Å². The molecule has 0 saturated heterocycles. The summed E-state index contributed by atoms with van der Waals surface area (Å²) in [5.41, 5.74) is 1.56. The molecule has 0 amide bonds. The Bertz CT molecular complexity index is 147. The smallest absolute Gasteiger partial charge is 0.0160 e. The van der Waals surface area contributed by atoms with E-state index < -0.39 is 0 Å². The van der Waals surface area contributed by atoms with Crippen molar-refractivity contribution in [2.75, 3.05) is 0 Å². The quantitative estimate of drug-likeness (QED) is 0.558. The number of hydrogen-bond acceptors (Lipinski definition) is 0. The lowest BCUT2D eigenvalue weighted by Gasteiger charge is -2.10. The minimum absolute atomic E-state index is 0.818. The average molecular weight is 136 g/mol. The highest BCUT2D eigenvalue weighted by Gasteiger charge is 2.08. The summed E-state index contributed by atoms with van der Waals surface area (Å²) in [5.74, 6) is 0.818. The van der Waals surface area contributed by atoms with Crippen molar-refractivity contribution in [1.29, 1.82) is 0 Å². The minimum atomic E-state index is 0.818. The third kappa shape index (κ3) is 1.50. The van der Waals surface area contributed by atoms with E-state index in [1.165, 1.54) is 12.8 Å². The van der Waals surface area contributed by atoms with Gasteiger partial charge in [0, 0.05) is 0 Å². The first-order chi connectivity index (χ1) is 4.88. The maximum Gasteiger partial charge on any atom is -0.0160 e. The molecule has 0 aromatic carbocycles. The van der Waals surface area contributed by atoms with Gasteiger partial charge in [0.05, 0.1) is 0 Å². The topological polar surface area (TPSA) is 0 Å². The molecule has 0 saturated carbocycles. The van der Waals surface area contributed by atoms with E-state index in [0.29, 0.717) is 0 Å². The van der Waals surface area contributed by atoms with E-state index in [1.807, 2.05) is 0 Å². The molecule has 0 N–H and O–H groups in total. The second-order valence-corrected chi connectivity index (χ2v) is 2.86. The Morgan fingerprint density at radius 2 is 2.10 bits per heavy atom. The second kappa shape index (κ2) is 3.60. The van der Waals surface area contributed by atoms with Crippen LogP contribution in [0.2, 0.25) is 0 Å². The van der Waals surface area contributed by atoms with E-state index in [4.69, 9.17) is 0 Å². The van der Waals surface area contributed by atoms with Crippen LogP contribution in [-0.4, -0.2) is 0 Å². The molecular formula is C10H16. The molecule has 0 atom stereocenters. The largest absolute Gasteiger partial charge is 0.0805 e. The number of hydrogen-bond donors (Lipinski definition) is 0. The van der Waals surface area contributed by atoms with Crippen molar-refractivity contribution in [3.8, 4) is 0 Å². The zero-order valence-electron chi connectivity index (χ0n) is 6.93. The molecule has 0 radical (unpaired) electrons. The Morgan fingerprint density at radius 3 is 2.50 bits per heavy atom. The summed E-state index contributed by atoms with van der Waals surface area (Å²) < 4.78 is 0. The summed E-state index contributed by atoms with van der Waals surface area (Å²) in [6, 6.07) is 0. The van der Waals surface area contributed by atoms with Crippen LogP contribution in [0, 0.1) is 5.92 Å². The fourth-order valence-corrected chi connectivity index (χ4v) is 1.54. The lowest BCUT2D eigenvalue weighted by Crippen LogP contribution is -1.97. The molecule has 0 unspecified atom stereocenters. The molecule has 1 rings (SSSR count). The first-order valence-electron chi connectivity index (χ1n) is 4.25. The molecule has 0 nitrogen and oxygen atoms in total. The average Bonchev–Trinajstić information content (AvgIpc) is 2.43. The first kappa shape index (κ1) is 7.59. The standard InChI is InChI=1S/C10H16/c1-3-9(4-2)10-7-5-6-8-10/h5,7-9H,3-4,6H2,1-2H3. The molecule has 1 aliphatic carbocycles. The maximum absolute atomic E-state index is 2.34. The molecule has 56 valence electrons. The van der Waals surface area contributed by atoms with Gasteiger partial charge in [0.1, 0.15) is 0 Å². The Balaban J connectivity index is 2.52. The van der Waals surface area contributed by atoms with Crippen LogP contribution < -0.4 is 0 Å². The summed E-state index contributed by atoms with van der Waals surface area (Å²) in [5, 5.41) is 0. The molecule has 0 fully saturated rings. The Hall–Kier alpha value is -0.520. The highest BCUT2D eigenvalue weighted by Crippen LogP contribution is 2.23. The molecule has 0 aromatic rings. The van der Waals surface area contributed by atoms with Gasteiger partial charge in [-0.05, 0) is 30.8 Å². The summed E-state index contributed by atoms with van der Waals surface area (Å²) in [4.78, 5) is 0. The minimum Gasteiger partial charge on any atom is -0.0805 e.